The van der Waals surface area contributed by atoms with E-state index >= 15 is 0 Å². The summed E-state index contributed by atoms with van der Waals surface area (Å²) in [5.41, 5.74) is 2.66. The number of hydrogen-bond acceptors (Lipinski definition) is 1. The molecule has 0 unspecified atom stereocenters. The van der Waals surface area contributed by atoms with Crippen molar-refractivity contribution in [1.82, 2.24) is 0 Å². The maximum Gasteiger partial charge on any atom is 0.193 e. The summed E-state index contributed by atoms with van der Waals surface area (Å²) < 4.78 is 13.4. The van der Waals surface area contributed by atoms with Crippen molar-refractivity contribution < 1.29 is 9.18 Å². The molecule has 0 aromatic heterocycles. The van der Waals surface area contributed by atoms with Gasteiger partial charge in [0.05, 0.1) is 0 Å². The highest BCUT2D eigenvalue weighted by atomic mass is 19.1. The number of benzene rings is 2. The van der Waals surface area contributed by atoms with Gasteiger partial charge in [-0.15, -0.1) is 0 Å². The minimum absolute atomic E-state index is 0.135. The van der Waals surface area contributed by atoms with Crippen LogP contribution in [0.3, 0.4) is 0 Å². The fraction of sp³-hybridized carbons (Fsp3) is 0.188. The summed E-state index contributed by atoms with van der Waals surface area (Å²) in [5.74, 6) is -0.475. The quantitative estimate of drug-likeness (QED) is 0.745. The van der Waals surface area contributed by atoms with Crippen LogP contribution in [0.4, 0.5) is 4.39 Å². The monoisotopic (exact) mass is 242 g/mol. The van der Waals surface area contributed by atoms with Gasteiger partial charge in [0.2, 0.25) is 0 Å². The van der Waals surface area contributed by atoms with Crippen LogP contribution in [-0.4, -0.2) is 5.78 Å². The van der Waals surface area contributed by atoms with Gasteiger partial charge in [-0.3, -0.25) is 4.79 Å². The maximum atomic E-state index is 13.4. The molecule has 2 rings (SSSR count). The van der Waals surface area contributed by atoms with Gasteiger partial charge in [-0.2, -0.15) is 0 Å². The minimum atomic E-state index is -0.340. The van der Waals surface area contributed by atoms with Crippen molar-refractivity contribution in [3.05, 3.63) is 70.5 Å². The van der Waals surface area contributed by atoms with Crippen LogP contribution in [0.25, 0.3) is 0 Å². The highest BCUT2D eigenvalue weighted by molar-refractivity contribution is 6.09. The number of carbonyl (C=O) groups is 1. The third kappa shape index (κ3) is 2.48. The van der Waals surface area contributed by atoms with Gasteiger partial charge in [-0.05, 0) is 36.6 Å². The zero-order valence-electron chi connectivity index (χ0n) is 10.5. The van der Waals surface area contributed by atoms with E-state index in [9.17, 15) is 9.18 Å². The molecule has 0 aliphatic carbocycles. The topological polar surface area (TPSA) is 17.1 Å². The van der Waals surface area contributed by atoms with Crippen LogP contribution in [0, 0.1) is 12.7 Å². The second-order valence-electron chi connectivity index (χ2n) is 4.35. The van der Waals surface area contributed by atoms with Gasteiger partial charge in [0.15, 0.2) is 5.78 Å². The summed E-state index contributed by atoms with van der Waals surface area (Å²) in [6.07, 6.45) is 0.878. The second kappa shape index (κ2) is 5.13. The van der Waals surface area contributed by atoms with Crippen LogP contribution in [-0.2, 0) is 6.42 Å². The predicted octanol–water partition coefficient (Wildman–Crippen LogP) is 3.93. The third-order valence-electron chi connectivity index (χ3n) is 3.03. The van der Waals surface area contributed by atoms with E-state index in [0.717, 1.165) is 12.0 Å². The molecule has 18 heavy (non-hydrogen) atoms. The van der Waals surface area contributed by atoms with E-state index in [0.29, 0.717) is 16.7 Å². The first-order chi connectivity index (χ1) is 8.61. The molecule has 0 atom stereocenters. The van der Waals surface area contributed by atoms with Crippen molar-refractivity contribution in [2.45, 2.75) is 20.3 Å². The van der Waals surface area contributed by atoms with Crippen molar-refractivity contribution in [2.75, 3.05) is 0 Å². The third-order valence-corrected chi connectivity index (χ3v) is 3.03. The SMILES string of the molecule is CCc1cccc(C(=O)c2ccc(C)c(F)c2)c1. The number of carbonyl (C=O) groups excluding carboxylic acids is 1. The highest BCUT2D eigenvalue weighted by Crippen LogP contribution is 2.15. The molecule has 0 aliphatic rings. The van der Waals surface area contributed by atoms with Crippen LogP contribution in [0.5, 0.6) is 0 Å². The van der Waals surface area contributed by atoms with E-state index in [4.69, 9.17) is 0 Å². The molecule has 0 heterocycles. The van der Waals surface area contributed by atoms with Crippen molar-refractivity contribution in [3.63, 3.8) is 0 Å². The van der Waals surface area contributed by atoms with Gasteiger partial charge in [-0.25, -0.2) is 4.39 Å². The number of halogens is 1. The molecule has 0 saturated carbocycles. The maximum absolute atomic E-state index is 13.4. The first-order valence-corrected chi connectivity index (χ1v) is 6.01. The Morgan fingerprint density at radius 2 is 1.83 bits per heavy atom. The van der Waals surface area contributed by atoms with Crippen molar-refractivity contribution >= 4 is 5.78 Å². The Morgan fingerprint density at radius 3 is 2.50 bits per heavy atom. The predicted molar refractivity (Wildman–Crippen MR) is 70.4 cm³/mol. The Hall–Kier alpha value is -1.96. The number of rotatable bonds is 3. The van der Waals surface area contributed by atoms with Crippen LogP contribution < -0.4 is 0 Å². The van der Waals surface area contributed by atoms with Crippen molar-refractivity contribution in [3.8, 4) is 0 Å². The van der Waals surface area contributed by atoms with E-state index < -0.39 is 0 Å². The van der Waals surface area contributed by atoms with Gasteiger partial charge >= 0.3 is 0 Å². The molecule has 0 aliphatic heterocycles. The summed E-state index contributed by atoms with van der Waals surface area (Å²) >= 11 is 0. The molecule has 0 radical (unpaired) electrons. The molecular weight excluding hydrogens is 227 g/mol. The van der Waals surface area contributed by atoms with Crippen LogP contribution >= 0.6 is 0 Å². The van der Waals surface area contributed by atoms with Crippen molar-refractivity contribution in [1.29, 1.82) is 0 Å². The van der Waals surface area contributed by atoms with E-state index in [2.05, 4.69) is 0 Å². The molecule has 2 aromatic rings. The largest absolute Gasteiger partial charge is 0.289 e. The van der Waals surface area contributed by atoms with Gasteiger partial charge in [-0.1, -0.05) is 37.3 Å². The van der Waals surface area contributed by atoms with Gasteiger partial charge < -0.3 is 0 Å². The molecule has 92 valence electrons. The summed E-state index contributed by atoms with van der Waals surface area (Å²) in [7, 11) is 0. The Morgan fingerprint density at radius 1 is 1.11 bits per heavy atom. The first-order valence-electron chi connectivity index (χ1n) is 6.01. The number of hydrogen-bond donors (Lipinski definition) is 0. The molecule has 0 N–H and O–H groups in total. The molecule has 0 bridgehead atoms. The lowest BCUT2D eigenvalue weighted by molar-refractivity contribution is 0.103. The number of ketones is 1. The Balaban J connectivity index is 2.38. The smallest absolute Gasteiger partial charge is 0.193 e. The highest BCUT2D eigenvalue weighted by Gasteiger charge is 2.11. The molecule has 2 aromatic carbocycles. The van der Waals surface area contributed by atoms with Gasteiger partial charge in [0.25, 0.3) is 0 Å². The molecule has 0 amide bonds. The lowest BCUT2D eigenvalue weighted by atomic mass is 9.99. The van der Waals surface area contributed by atoms with Crippen LogP contribution in [0.15, 0.2) is 42.5 Å². The zero-order valence-corrected chi connectivity index (χ0v) is 10.5. The van der Waals surface area contributed by atoms with E-state index in [-0.39, 0.29) is 11.6 Å². The Labute approximate surface area is 106 Å². The normalized spacial score (nSPS) is 10.4. The lowest BCUT2D eigenvalue weighted by Gasteiger charge is -2.04. The van der Waals surface area contributed by atoms with Crippen LogP contribution in [0.2, 0.25) is 0 Å². The average Bonchev–Trinajstić information content (AvgIpc) is 2.41. The summed E-state index contributed by atoms with van der Waals surface area (Å²) in [5, 5.41) is 0. The van der Waals surface area contributed by atoms with Gasteiger partial charge in [0, 0.05) is 11.1 Å². The summed E-state index contributed by atoms with van der Waals surface area (Å²) in [6, 6.07) is 12.1. The zero-order chi connectivity index (χ0) is 13.1. The molecular formula is C16H15FO. The first kappa shape index (κ1) is 12.5. The standard InChI is InChI=1S/C16H15FO/c1-3-12-5-4-6-13(9-12)16(18)14-8-7-11(2)15(17)10-14/h4-10H,3H2,1-2H3. The second-order valence-corrected chi connectivity index (χ2v) is 4.35. The Kier molecular flexibility index (Phi) is 3.56. The molecule has 0 spiro atoms. The number of aryl methyl sites for hydroxylation is 2. The Bertz CT molecular complexity index is 587. The van der Waals surface area contributed by atoms with Crippen molar-refractivity contribution in [2.24, 2.45) is 0 Å². The van der Waals surface area contributed by atoms with E-state index in [1.807, 2.05) is 25.1 Å². The summed E-state index contributed by atoms with van der Waals surface area (Å²) in [6.45, 7) is 3.72. The fourth-order valence-corrected chi connectivity index (χ4v) is 1.83. The average molecular weight is 242 g/mol. The van der Waals surface area contributed by atoms with Crippen LogP contribution in [0.1, 0.15) is 34.0 Å². The van der Waals surface area contributed by atoms with E-state index in [1.54, 1.807) is 25.1 Å². The minimum Gasteiger partial charge on any atom is -0.289 e. The van der Waals surface area contributed by atoms with Gasteiger partial charge in [0.1, 0.15) is 5.82 Å². The summed E-state index contributed by atoms with van der Waals surface area (Å²) in [4.78, 5) is 12.2. The lowest BCUT2D eigenvalue weighted by Crippen LogP contribution is -2.03. The molecule has 0 saturated heterocycles. The molecule has 1 nitrogen and oxygen atoms in total. The molecule has 2 heteroatoms. The fourth-order valence-electron chi connectivity index (χ4n) is 1.83. The molecule has 0 fully saturated rings. The van der Waals surface area contributed by atoms with E-state index in [1.165, 1.54) is 6.07 Å².